The number of hydrogen-bond donors (Lipinski definition) is 5. The number of aromatic amines is 1. The molecule has 3 aliphatic rings. The lowest BCUT2D eigenvalue weighted by atomic mass is 9.74. The van der Waals surface area contributed by atoms with Crippen molar-refractivity contribution in [2.45, 2.75) is 18.3 Å². The van der Waals surface area contributed by atoms with E-state index in [9.17, 15) is 14.4 Å². The fourth-order valence-corrected chi connectivity index (χ4v) is 6.11. The number of piperidine rings is 1. The standard InChI is InChI=1S/C31H36N8O3/c1-3-27(40)35-24-15-21(5-6-25(24)39-13-11-38(2)12-14-39)29(41)37-26-16-20(7-10-33-26)23-17-22-28(36-23)31(19-34-30(22)42)8-4-9-32-18-31/h3,5-7,10,15-17,32,36H,1,4,8-9,11-14,18-19H2,2H3,(H,34,42)(H,35,40)(H,33,37,41). The number of piperazine rings is 1. The molecule has 0 bridgehead atoms. The fourth-order valence-electron chi connectivity index (χ4n) is 6.11. The molecule has 1 aromatic carbocycles. The summed E-state index contributed by atoms with van der Waals surface area (Å²) in [6.45, 7) is 9.40. The maximum atomic E-state index is 13.3. The molecule has 1 spiro atoms. The summed E-state index contributed by atoms with van der Waals surface area (Å²) in [5.74, 6) is -0.393. The first kappa shape index (κ1) is 27.7. The number of amides is 3. The van der Waals surface area contributed by atoms with E-state index in [-0.39, 0.29) is 23.1 Å². The van der Waals surface area contributed by atoms with Crippen molar-refractivity contribution in [1.82, 2.24) is 25.5 Å². The van der Waals surface area contributed by atoms with Gasteiger partial charge in [-0.3, -0.25) is 14.4 Å². The molecule has 0 aliphatic carbocycles. The predicted molar refractivity (Wildman–Crippen MR) is 163 cm³/mol. The summed E-state index contributed by atoms with van der Waals surface area (Å²) in [7, 11) is 2.08. The quantitative estimate of drug-likeness (QED) is 0.289. The zero-order valence-electron chi connectivity index (χ0n) is 23.8. The van der Waals surface area contributed by atoms with Crippen LogP contribution in [0.3, 0.4) is 0 Å². The van der Waals surface area contributed by atoms with Gasteiger partial charge in [-0.2, -0.15) is 0 Å². The Hall–Kier alpha value is -4.48. The predicted octanol–water partition coefficient (Wildman–Crippen LogP) is 2.57. The Labute approximate surface area is 244 Å². The minimum atomic E-state index is -0.351. The molecule has 3 aromatic rings. The molecule has 1 atom stereocenters. The number of aromatic nitrogens is 2. The number of anilines is 3. The number of nitrogens with zero attached hydrogens (tertiary/aromatic N) is 3. The first-order valence-corrected chi connectivity index (χ1v) is 14.4. The Morgan fingerprint density at radius 2 is 1.90 bits per heavy atom. The van der Waals surface area contributed by atoms with Gasteiger partial charge in [-0.05, 0) is 68.9 Å². The largest absolute Gasteiger partial charge is 0.367 e. The molecule has 0 saturated carbocycles. The van der Waals surface area contributed by atoms with E-state index in [0.29, 0.717) is 29.2 Å². The van der Waals surface area contributed by atoms with Crippen LogP contribution in [0.5, 0.6) is 0 Å². The number of fused-ring (bicyclic) bond motifs is 2. The van der Waals surface area contributed by atoms with Gasteiger partial charge in [-0.1, -0.05) is 6.58 Å². The summed E-state index contributed by atoms with van der Waals surface area (Å²) >= 11 is 0. The van der Waals surface area contributed by atoms with Gasteiger partial charge in [-0.25, -0.2) is 4.98 Å². The van der Waals surface area contributed by atoms with Crippen molar-refractivity contribution in [3.8, 4) is 11.3 Å². The van der Waals surface area contributed by atoms with E-state index in [2.05, 4.69) is 54.7 Å². The normalized spacial score (nSPS) is 20.5. The van der Waals surface area contributed by atoms with Crippen LogP contribution in [0.25, 0.3) is 11.3 Å². The van der Waals surface area contributed by atoms with Crippen molar-refractivity contribution < 1.29 is 14.4 Å². The molecular formula is C31H36N8O3. The summed E-state index contributed by atoms with van der Waals surface area (Å²) in [4.78, 5) is 50.6. The summed E-state index contributed by atoms with van der Waals surface area (Å²) < 4.78 is 0. The number of likely N-dealkylation sites (N-methyl/N-ethyl adjacent to an activating group) is 1. The van der Waals surface area contributed by atoms with Crippen LogP contribution < -0.4 is 26.2 Å². The van der Waals surface area contributed by atoms with Crippen LogP contribution in [0.15, 0.2) is 55.3 Å². The molecule has 2 saturated heterocycles. The number of carbonyl (C=O) groups excluding carboxylic acids is 3. The third-order valence-electron chi connectivity index (χ3n) is 8.51. The average molecular weight is 569 g/mol. The molecule has 3 amide bonds. The van der Waals surface area contributed by atoms with Crippen molar-refractivity contribution in [1.29, 1.82) is 0 Å². The van der Waals surface area contributed by atoms with Crippen molar-refractivity contribution >= 4 is 34.9 Å². The third kappa shape index (κ3) is 5.40. The van der Waals surface area contributed by atoms with Gasteiger partial charge < -0.3 is 36.1 Å². The van der Waals surface area contributed by atoms with Crippen LogP contribution in [-0.2, 0) is 10.2 Å². The fraction of sp³-hybridized carbons (Fsp3) is 0.355. The highest BCUT2D eigenvalue weighted by Crippen LogP contribution is 2.38. The van der Waals surface area contributed by atoms with Crippen molar-refractivity contribution in [3.05, 3.63) is 72.1 Å². The number of pyridine rings is 1. The molecule has 3 aliphatic heterocycles. The monoisotopic (exact) mass is 568 g/mol. The smallest absolute Gasteiger partial charge is 0.256 e. The lowest BCUT2D eigenvalue weighted by Crippen LogP contribution is -2.54. The van der Waals surface area contributed by atoms with Gasteiger partial charge in [0, 0.05) is 73.4 Å². The lowest BCUT2D eigenvalue weighted by Gasteiger charge is -2.40. The van der Waals surface area contributed by atoms with Crippen LogP contribution in [0.4, 0.5) is 17.2 Å². The van der Waals surface area contributed by atoms with Gasteiger partial charge >= 0.3 is 0 Å². The SMILES string of the molecule is C=CC(=O)Nc1cc(C(=O)Nc2cc(-c3cc4c([nH]3)C3(CCCNC3)CNC4=O)ccn2)ccc1N1CCN(C)CC1. The van der Waals surface area contributed by atoms with Gasteiger partial charge in [0.2, 0.25) is 5.91 Å². The Morgan fingerprint density at radius 1 is 1.07 bits per heavy atom. The van der Waals surface area contributed by atoms with Gasteiger partial charge in [0.25, 0.3) is 11.8 Å². The van der Waals surface area contributed by atoms with E-state index in [1.54, 1.807) is 24.4 Å². The number of benzene rings is 1. The van der Waals surface area contributed by atoms with E-state index in [0.717, 1.165) is 74.7 Å². The second-order valence-corrected chi connectivity index (χ2v) is 11.3. The van der Waals surface area contributed by atoms with Crippen molar-refractivity contribution in [3.63, 3.8) is 0 Å². The van der Waals surface area contributed by atoms with E-state index in [1.807, 2.05) is 18.2 Å². The average Bonchev–Trinajstić information content (AvgIpc) is 3.48. The second-order valence-electron chi connectivity index (χ2n) is 11.3. The highest BCUT2D eigenvalue weighted by molar-refractivity contribution is 6.07. The van der Waals surface area contributed by atoms with E-state index in [1.165, 1.54) is 6.08 Å². The third-order valence-corrected chi connectivity index (χ3v) is 8.51. The Morgan fingerprint density at radius 3 is 2.67 bits per heavy atom. The zero-order valence-corrected chi connectivity index (χ0v) is 23.8. The first-order valence-electron chi connectivity index (χ1n) is 14.4. The molecule has 5 heterocycles. The van der Waals surface area contributed by atoms with Crippen LogP contribution in [0.1, 0.15) is 39.3 Å². The maximum Gasteiger partial charge on any atom is 0.256 e. The molecule has 218 valence electrons. The Bertz CT molecular complexity index is 1530. The summed E-state index contributed by atoms with van der Waals surface area (Å²) in [5, 5.41) is 12.3. The summed E-state index contributed by atoms with van der Waals surface area (Å²) in [6, 6.07) is 10.8. The van der Waals surface area contributed by atoms with Gasteiger partial charge in [0.1, 0.15) is 5.82 Å². The number of nitrogens with one attached hydrogen (secondary N) is 5. The molecule has 5 N–H and O–H groups in total. The second kappa shape index (κ2) is 11.4. The van der Waals surface area contributed by atoms with E-state index in [4.69, 9.17) is 0 Å². The molecule has 11 nitrogen and oxygen atoms in total. The zero-order chi connectivity index (χ0) is 29.3. The minimum Gasteiger partial charge on any atom is -0.367 e. The van der Waals surface area contributed by atoms with Gasteiger partial charge in [0.05, 0.1) is 16.9 Å². The van der Waals surface area contributed by atoms with Gasteiger partial charge in [-0.15, -0.1) is 0 Å². The molecule has 42 heavy (non-hydrogen) atoms. The summed E-state index contributed by atoms with van der Waals surface area (Å²) in [5.41, 5.74) is 4.89. The maximum absolute atomic E-state index is 13.3. The highest BCUT2D eigenvalue weighted by atomic mass is 16.2. The lowest BCUT2D eigenvalue weighted by molar-refractivity contribution is -0.111. The highest BCUT2D eigenvalue weighted by Gasteiger charge is 2.42. The Balaban J connectivity index is 1.24. The number of rotatable bonds is 6. The number of hydrogen-bond acceptors (Lipinski definition) is 7. The summed E-state index contributed by atoms with van der Waals surface area (Å²) in [6.07, 6.45) is 4.89. The molecule has 11 heteroatoms. The molecule has 6 rings (SSSR count). The number of H-pyrrole nitrogens is 1. The van der Waals surface area contributed by atoms with E-state index >= 15 is 0 Å². The van der Waals surface area contributed by atoms with E-state index < -0.39 is 0 Å². The van der Waals surface area contributed by atoms with Crippen LogP contribution in [-0.4, -0.2) is 85.5 Å². The minimum absolute atomic E-state index is 0.0781. The van der Waals surface area contributed by atoms with Crippen LogP contribution in [0, 0.1) is 0 Å². The first-order chi connectivity index (χ1) is 20.3. The Kier molecular flexibility index (Phi) is 7.53. The molecule has 1 unspecified atom stereocenters. The van der Waals surface area contributed by atoms with Crippen molar-refractivity contribution in [2.75, 3.05) is 68.4 Å². The van der Waals surface area contributed by atoms with Crippen molar-refractivity contribution in [2.24, 2.45) is 0 Å². The molecular weight excluding hydrogens is 532 g/mol. The molecule has 0 radical (unpaired) electrons. The molecule has 2 aromatic heterocycles. The molecule has 2 fully saturated rings. The van der Waals surface area contributed by atoms with Crippen LogP contribution >= 0.6 is 0 Å². The topological polar surface area (TPSA) is 134 Å². The van der Waals surface area contributed by atoms with Crippen LogP contribution in [0.2, 0.25) is 0 Å². The number of carbonyl (C=O) groups is 3. The van der Waals surface area contributed by atoms with Gasteiger partial charge in [0.15, 0.2) is 0 Å².